The van der Waals surface area contributed by atoms with Crippen molar-refractivity contribution in [2.45, 2.75) is 110 Å². The molecule has 1 unspecified atom stereocenters. The minimum absolute atomic E-state index is 0.0167. The van der Waals surface area contributed by atoms with E-state index in [1.807, 2.05) is 54.2 Å². The van der Waals surface area contributed by atoms with Gasteiger partial charge in [-0.2, -0.15) is 13.2 Å². The number of nitrogens with one attached hydrogen (secondary N) is 4. The minimum Gasteiger partial charge on any atom is -0.384 e. The van der Waals surface area contributed by atoms with Gasteiger partial charge in [0.15, 0.2) is 0 Å². The summed E-state index contributed by atoms with van der Waals surface area (Å²) >= 11 is 7.62. The molecule has 2 saturated heterocycles. The summed E-state index contributed by atoms with van der Waals surface area (Å²) in [4.78, 5) is 70.8. The van der Waals surface area contributed by atoms with Crippen molar-refractivity contribution < 1.29 is 54.0 Å². The summed E-state index contributed by atoms with van der Waals surface area (Å²) in [5.74, 6) is -3.08. The number of sulfone groups is 1. The fraction of sp³-hybridized carbons (Fsp3) is 0.413. The number of carbonyl (C=O) groups excluding carboxylic acids is 5. The average Bonchev–Trinajstić information content (AvgIpc) is 1.82. The molecule has 464 valence electrons. The van der Waals surface area contributed by atoms with Gasteiger partial charge in [0.2, 0.25) is 11.8 Å². The number of allylic oxidation sites excluding steroid dienone is 1. The Morgan fingerprint density at radius 2 is 1.53 bits per heavy atom. The van der Waals surface area contributed by atoms with Crippen LogP contribution in [0.5, 0.6) is 0 Å². The Bertz CT molecular complexity index is 3620. The van der Waals surface area contributed by atoms with Gasteiger partial charge in [0.25, 0.3) is 37.6 Å². The molecule has 0 bridgehead atoms. The Morgan fingerprint density at radius 1 is 0.816 bits per heavy atom. The molecule has 4 N–H and O–H groups in total. The van der Waals surface area contributed by atoms with Crippen LogP contribution in [0, 0.1) is 5.41 Å². The van der Waals surface area contributed by atoms with Crippen molar-refractivity contribution in [2.75, 3.05) is 80.7 Å². The number of hydrogen-bond donors (Lipinski definition) is 4. The number of unbranched alkanes of at least 4 members (excludes halogenated alkanes) is 3. The lowest BCUT2D eigenvalue weighted by Crippen LogP contribution is -2.54. The van der Waals surface area contributed by atoms with Crippen molar-refractivity contribution in [1.29, 1.82) is 0 Å². The topological polar surface area (TPSA) is 215 Å². The molecular formula is C63H72ClF3N8O9S3. The molecule has 1 aliphatic carbocycles. The van der Waals surface area contributed by atoms with Crippen LogP contribution < -0.4 is 25.6 Å². The molecule has 5 aromatic carbocycles. The van der Waals surface area contributed by atoms with Crippen LogP contribution in [0.15, 0.2) is 136 Å². The molecule has 0 aromatic heterocycles. The number of fused-ring (bicyclic) bond motifs is 1. The predicted molar refractivity (Wildman–Crippen MR) is 332 cm³/mol. The second kappa shape index (κ2) is 27.7. The van der Waals surface area contributed by atoms with Gasteiger partial charge >= 0.3 is 5.51 Å². The van der Waals surface area contributed by atoms with E-state index in [2.05, 4.69) is 56.6 Å². The first kappa shape index (κ1) is 64.7. The first-order valence-electron chi connectivity index (χ1n) is 29.2. The quantitative estimate of drug-likeness (QED) is 0.0243. The number of carbonyl (C=O) groups is 5. The van der Waals surface area contributed by atoms with Crippen LogP contribution in [0.25, 0.3) is 5.57 Å². The van der Waals surface area contributed by atoms with Crippen molar-refractivity contribution in [3.63, 3.8) is 0 Å². The van der Waals surface area contributed by atoms with Crippen molar-refractivity contribution in [2.24, 2.45) is 5.41 Å². The van der Waals surface area contributed by atoms with E-state index in [-0.39, 0.29) is 34.9 Å². The van der Waals surface area contributed by atoms with Crippen LogP contribution in [-0.4, -0.2) is 144 Å². The molecule has 5 amide bonds. The second-order valence-electron chi connectivity index (χ2n) is 23.4. The lowest BCUT2D eigenvalue weighted by molar-refractivity contribution is -0.136. The number of piperidine rings is 1. The number of nitrogens with zero attached hydrogens (tertiary/aromatic N) is 4. The number of halogens is 4. The normalized spacial score (nSPS) is 18.0. The van der Waals surface area contributed by atoms with Crippen LogP contribution in [-0.2, 0) is 29.4 Å². The van der Waals surface area contributed by atoms with E-state index < -0.39 is 82.5 Å². The molecule has 3 aliphatic heterocycles. The van der Waals surface area contributed by atoms with E-state index in [9.17, 15) is 54.0 Å². The molecule has 17 nitrogen and oxygen atoms in total. The summed E-state index contributed by atoms with van der Waals surface area (Å²) in [6, 6.07) is 29.2. The van der Waals surface area contributed by atoms with E-state index >= 15 is 0 Å². The number of sulfonamides is 1. The maximum absolute atomic E-state index is 14.5. The molecule has 24 heteroatoms. The highest BCUT2D eigenvalue weighted by Crippen LogP contribution is 2.43. The number of alkyl halides is 3. The van der Waals surface area contributed by atoms with Gasteiger partial charge in [-0.25, -0.2) is 21.6 Å². The fourth-order valence-corrected chi connectivity index (χ4v) is 14.7. The molecule has 87 heavy (non-hydrogen) atoms. The lowest BCUT2D eigenvalue weighted by Gasteiger charge is -2.39. The smallest absolute Gasteiger partial charge is 0.384 e. The number of rotatable bonds is 25. The zero-order valence-corrected chi connectivity index (χ0v) is 52.0. The van der Waals surface area contributed by atoms with E-state index in [0.717, 1.165) is 92.2 Å². The van der Waals surface area contributed by atoms with Crippen molar-refractivity contribution >= 4 is 95.4 Å². The third-order valence-electron chi connectivity index (χ3n) is 16.4. The number of anilines is 3. The molecule has 0 saturated carbocycles. The summed E-state index contributed by atoms with van der Waals surface area (Å²) in [6.07, 6.45) is 6.68. The van der Waals surface area contributed by atoms with Gasteiger partial charge in [-0.15, -0.1) is 11.8 Å². The largest absolute Gasteiger partial charge is 0.501 e. The molecular weight excluding hydrogens is 1200 g/mol. The Labute approximate surface area is 515 Å². The summed E-state index contributed by atoms with van der Waals surface area (Å²) in [7, 11) is -9.16. The first-order valence-corrected chi connectivity index (χ1v) is 33.5. The van der Waals surface area contributed by atoms with Crippen molar-refractivity contribution in [3.8, 4) is 0 Å². The molecule has 2 atom stereocenters. The maximum Gasteiger partial charge on any atom is 0.501 e. The summed E-state index contributed by atoms with van der Waals surface area (Å²) in [5.41, 5.74) is -0.420. The average molecular weight is 1270 g/mol. The van der Waals surface area contributed by atoms with E-state index in [0.29, 0.717) is 61.7 Å². The monoisotopic (exact) mass is 1270 g/mol. The van der Waals surface area contributed by atoms with Gasteiger partial charge in [0.05, 0.1) is 21.7 Å². The minimum atomic E-state index is -6.14. The Kier molecular flexibility index (Phi) is 20.6. The summed E-state index contributed by atoms with van der Waals surface area (Å²) in [6.45, 7) is 10.1. The molecule has 0 spiro atoms. The number of hydrogen-bond acceptors (Lipinski definition) is 15. The Hall–Kier alpha value is -6.76. The van der Waals surface area contributed by atoms with E-state index in [1.54, 1.807) is 24.3 Å². The van der Waals surface area contributed by atoms with Crippen LogP contribution in [0.1, 0.15) is 115 Å². The predicted octanol–water partition coefficient (Wildman–Crippen LogP) is 10.5. The van der Waals surface area contributed by atoms with Gasteiger partial charge in [-0.1, -0.05) is 80.3 Å². The summed E-state index contributed by atoms with van der Waals surface area (Å²) in [5, 5.41) is 9.17. The van der Waals surface area contributed by atoms with E-state index in [1.165, 1.54) is 46.7 Å². The summed E-state index contributed by atoms with van der Waals surface area (Å²) < 4.78 is 99.5. The van der Waals surface area contributed by atoms with Gasteiger partial charge in [-0.3, -0.25) is 39.1 Å². The number of benzene rings is 5. The third-order valence-corrected chi connectivity index (χ3v) is 20.7. The van der Waals surface area contributed by atoms with Crippen LogP contribution in [0.4, 0.5) is 30.2 Å². The molecule has 3 heterocycles. The zero-order valence-electron chi connectivity index (χ0n) is 48.8. The van der Waals surface area contributed by atoms with Crippen LogP contribution >= 0.6 is 23.4 Å². The fourth-order valence-electron chi connectivity index (χ4n) is 11.6. The van der Waals surface area contributed by atoms with Crippen molar-refractivity contribution in [1.82, 2.24) is 24.7 Å². The third kappa shape index (κ3) is 15.9. The van der Waals surface area contributed by atoms with Gasteiger partial charge in [0.1, 0.15) is 10.9 Å². The number of thioether (sulfide) groups is 1. The molecule has 5 aromatic rings. The highest BCUT2D eigenvalue weighted by Gasteiger charge is 2.49. The van der Waals surface area contributed by atoms with Crippen LogP contribution in [0.2, 0.25) is 5.02 Å². The van der Waals surface area contributed by atoms with E-state index in [4.69, 9.17) is 11.6 Å². The molecule has 9 rings (SSSR count). The SMILES string of the molecule is CN(CCCCCCNc1cccc2c1C(=O)N(C1CCC(=O)NC1=O)C2=O)CC[C@H](CSc1ccccc1)Nc1ccc(S(=O)(=O)NC(=O)c2ccc(N3CCN(CC4=C(c5ccc(Cl)cc5)CCC(C)(C)C4)CC3)cc2)cc1S(=O)(=O)C(F)(F)F. The highest BCUT2D eigenvalue weighted by molar-refractivity contribution is 7.99. The van der Waals surface area contributed by atoms with Gasteiger partial charge < -0.3 is 20.4 Å². The number of amides is 5. The maximum atomic E-state index is 14.5. The Morgan fingerprint density at radius 3 is 2.23 bits per heavy atom. The Balaban J connectivity index is 0.786. The molecule has 2 fully saturated rings. The zero-order chi connectivity index (χ0) is 62.3. The number of imide groups is 2. The van der Waals surface area contributed by atoms with Gasteiger partial charge in [-0.05, 0) is 160 Å². The van der Waals surface area contributed by atoms with Gasteiger partial charge in [0, 0.05) is 84.3 Å². The highest BCUT2D eigenvalue weighted by atomic mass is 35.5. The van der Waals surface area contributed by atoms with Crippen LogP contribution in [0.3, 0.4) is 0 Å². The number of piperazine rings is 1. The molecule has 4 aliphatic rings. The first-order chi connectivity index (χ1) is 41.4. The van der Waals surface area contributed by atoms with Crippen molar-refractivity contribution in [3.05, 3.63) is 148 Å². The second-order valence-corrected chi connectivity index (χ2v) is 28.5. The standard InChI is InChI=1S/C63H72ClF3N8O9S3/c1-62(2)30-28-50(42-16-20-45(64)21-17-42)44(39-62)40-73-34-36-74(37-35-73)47-22-18-43(19-23-47)58(77)71-87(83,84)49-24-25-52(55(38-49)86(81,82)63(65,66)67)69-46(41-85-48-12-7-6-8-13-48)29-33-72(3)32-10-5-4-9-31-68-53-15-11-14-51-57(53)61(80)75(60(51)79)54-26-27-56(76)70-59(54)78/h6-8,11-25,38,46,54,68-69H,4-5,9-10,26-37,39-41H2,1-3H3,(H,71,77)(H,70,76,78)/t46-,54?/m1/s1. The lowest BCUT2D eigenvalue weighted by atomic mass is 9.73. The molecule has 0 radical (unpaired) electrons.